The van der Waals surface area contributed by atoms with Crippen LogP contribution in [0.2, 0.25) is 0 Å². The van der Waals surface area contributed by atoms with Crippen LogP contribution >= 0.6 is 23.2 Å². The highest BCUT2D eigenvalue weighted by Crippen LogP contribution is 2.16. The Labute approximate surface area is 202 Å². The zero-order chi connectivity index (χ0) is 24.0. The standard InChI is InChI=1S/C25H24Cl2N2O4/c1-3-11-28(25(32)24(26)27)15-22(30)29(13-18-7-5-4-6-8-18)14-19-16-33-21-10-9-17(2)12-20(21)23(19)31/h3-10,12,16,24H,1,11,13-15H2,2H3. The molecule has 0 N–H and O–H groups in total. The van der Waals surface area contributed by atoms with Gasteiger partial charge in [-0.15, -0.1) is 6.58 Å². The molecule has 0 saturated carbocycles. The van der Waals surface area contributed by atoms with Gasteiger partial charge in [-0.2, -0.15) is 0 Å². The lowest BCUT2D eigenvalue weighted by Crippen LogP contribution is -2.44. The summed E-state index contributed by atoms with van der Waals surface area (Å²) in [5, 5.41) is 0.454. The second-order valence-electron chi connectivity index (χ2n) is 7.63. The van der Waals surface area contributed by atoms with Gasteiger partial charge in [0.2, 0.25) is 5.91 Å². The quantitative estimate of drug-likeness (QED) is 0.330. The van der Waals surface area contributed by atoms with Crippen molar-refractivity contribution in [1.82, 2.24) is 9.80 Å². The highest BCUT2D eigenvalue weighted by Gasteiger charge is 2.25. The largest absolute Gasteiger partial charge is 0.464 e. The third kappa shape index (κ3) is 6.24. The van der Waals surface area contributed by atoms with Gasteiger partial charge in [-0.05, 0) is 24.6 Å². The molecule has 0 aliphatic carbocycles. The van der Waals surface area contributed by atoms with Crippen molar-refractivity contribution in [2.24, 2.45) is 0 Å². The van der Waals surface area contributed by atoms with Crippen molar-refractivity contribution in [1.29, 1.82) is 0 Å². The molecule has 0 atom stereocenters. The summed E-state index contributed by atoms with van der Waals surface area (Å²) in [5.74, 6) is -0.960. The van der Waals surface area contributed by atoms with Gasteiger partial charge >= 0.3 is 0 Å². The predicted molar refractivity (Wildman–Crippen MR) is 130 cm³/mol. The molecule has 33 heavy (non-hydrogen) atoms. The first-order chi connectivity index (χ1) is 15.8. The Balaban J connectivity index is 1.93. The molecule has 0 bridgehead atoms. The lowest BCUT2D eigenvalue weighted by Gasteiger charge is -2.27. The fourth-order valence-electron chi connectivity index (χ4n) is 3.43. The van der Waals surface area contributed by atoms with Gasteiger partial charge < -0.3 is 14.2 Å². The van der Waals surface area contributed by atoms with Crippen molar-refractivity contribution in [2.45, 2.75) is 24.8 Å². The molecule has 3 rings (SSSR count). The predicted octanol–water partition coefficient (Wildman–Crippen LogP) is 4.45. The van der Waals surface area contributed by atoms with E-state index in [0.29, 0.717) is 16.5 Å². The number of aryl methyl sites for hydroxylation is 1. The summed E-state index contributed by atoms with van der Waals surface area (Å²) in [4.78, 5) is 40.1. The van der Waals surface area contributed by atoms with Gasteiger partial charge in [-0.25, -0.2) is 0 Å². The number of rotatable bonds is 9. The smallest absolute Gasteiger partial charge is 0.256 e. The molecule has 0 saturated heterocycles. The number of alkyl halides is 2. The first-order valence-corrected chi connectivity index (χ1v) is 11.2. The molecule has 0 radical (unpaired) electrons. The van der Waals surface area contributed by atoms with E-state index in [9.17, 15) is 14.4 Å². The van der Waals surface area contributed by atoms with Crippen LogP contribution in [0.25, 0.3) is 11.0 Å². The maximum absolute atomic E-state index is 13.3. The third-order valence-corrected chi connectivity index (χ3v) is 5.48. The molecule has 1 aromatic heterocycles. The van der Waals surface area contributed by atoms with Gasteiger partial charge in [-0.3, -0.25) is 14.4 Å². The molecule has 6 nitrogen and oxygen atoms in total. The lowest BCUT2D eigenvalue weighted by molar-refractivity contribution is -0.140. The van der Waals surface area contributed by atoms with E-state index in [1.165, 1.54) is 22.1 Å². The minimum atomic E-state index is -1.30. The second-order valence-corrected chi connectivity index (χ2v) is 8.73. The fraction of sp³-hybridized carbons (Fsp3) is 0.240. The third-order valence-electron chi connectivity index (χ3n) is 5.10. The van der Waals surface area contributed by atoms with E-state index in [0.717, 1.165) is 11.1 Å². The molecule has 8 heteroatoms. The summed E-state index contributed by atoms with van der Waals surface area (Å²) >= 11 is 11.5. The Hall–Kier alpha value is -3.09. The Morgan fingerprint density at radius 2 is 1.82 bits per heavy atom. The normalized spacial score (nSPS) is 10.9. The Bertz CT molecular complexity index is 1210. The van der Waals surface area contributed by atoms with Crippen molar-refractivity contribution in [3.05, 3.63) is 94.4 Å². The van der Waals surface area contributed by atoms with Gasteiger partial charge in [0.1, 0.15) is 12.1 Å². The van der Waals surface area contributed by atoms with Crippen LogP contribution < -0.4 is 5.43 Å². The van der Waals surface area contributed by atoms with Gasteiger partial charge in [0, 0.05) is 13.1 Å². The van der Waals surface area contributed by atoms with Crippen molar-refractivity contribution in [3.8, 4) is 0 Å². The number of fused-ring (bicyclic) bond motifs is 1. The fourth-order valence-corrected chi connectivity index (χ4v) is 3.70. The summed E-state index contributed by atoms with van der Waals surface area (Å²) in [7, 11) is 0. The molecule has 0 fully saturated rings. The number of benzene rings is 2. The minimum absolute atomic E-state index is 0.0151. The SMILES string of the molecule is C=CCN(CC(=O)N(Cc1ccccc1)Cc1coc2ccc(C)cc2c1=O)C(=O)C(Cl)Cl. The van der Waals surface area contributed by atoms with Crippen LogP contribution in [-0.2, 0) is 22.7 Å². The Morgan fingerprint density at radius 3 is 2.48 bits per heavy atom. The molecule has 0 spiro atoms. The van der Waals surface area contributed by atoms with E-state index in [2.05, 4.69) is 6.58 Å². The highest BCUT2D eigenvalue weighted by atomic mass is 35.5. The van der Waals surface area contributed by atoms with Crippen LogP contribution in [-0.4, -0.2) is 39.5 Å². The second kappa shape index (κ2) is 11.2. The van der Waals surface area contributed by atoms with E-state index in [-0.39, 0.29) is 37.5 Å². The zero-order valence-electron chi connectivity index (χ0n) is 18.2. The topological polar surface area (TPSA) is 70.8 Å². The molecule has 3 aromatic rings. The number of nitrogens with zero attached hydrogens (tertiary/aromatic N) is 2. The Morgan fingerprint density at radius 1 is 1.09 bits per heavy atom. The van der Waals surface area contributed by atoms with Crippen LogP contribution in [0, 0.1) is 6.92 Å². The summed E-state index contributed by atoms with van der Waals surface area (Å²) < 4.78 is 5.65. The number of amides is 2. The average Bonchev–Trinajstić information content (AvgIpc) is 2.80. The van der Waals surface area contributed by atoms with E-state index < -0.39 is 10.7 Å². The molecule has 172 valence electrons. The van der Waals surface area contributed by atoms with Gasteiger partial charge in [0.15, 0.2) is 10.3 Å². The molecular weight excluding hydrogens is 463 g/mol. The molecule has 0 aliphatic rings. The molecule has 1 heterocycles. The first kappa shape index (κ1) is 24.6. The van der Waals surface area contributed by atoms with Crippen LogP contribution in [0.15, 0.2) is 76.7 Å². The number of carbonyl (C=O) groups excluding carboxylic acids is 2. The summed E-state index contributed by atoms with van der Waals surface area (Å²) in [6, 6.07) is 14.7. The van der Waals surface area contributed by atoms with Crippen LogP contribution in [0.3, 0.4) is 0 Å². The molecule has 0 aliphatic heterocycles. The van der Waals surface area contributed by atoms with Gasteiger partial charge in [0.25, 0.3) is 5.91 Å². The van der Waals surface area contributed by atoms with Crippen LogP contribution in [0.1, 0.15) is 16.7 Å². The lowest BCUT2D eigenvalue weighted by atomic mass is 10.1. The zero-order valence-corrected chi connectivity index (χ0v) is 19.7. The molecule has 0 unspecified atom stereocenters. The number of carbonyl (C=O) groups is 2. The molecule has 2 aromatic carbocycles. The average molecular weight is 487 g/mol. The number of halogens is 2. The highest BCUT2D eigenvalue weighted by molar-refractivity contribution is 6.53. The van der Waals surface area contributed by atoms with Crippen molar-refractivity contribution in [3.63, 3.8) is 0 Å². The van der Waals surface area contributed by atoms with E-state index in [1.807, 2.05) is 43.3 Å². The van der Waals surface area contributed by atoms with Gasteiger partial charge in [-0.1, -0.05) is 71.2 Å². The molecular formula is C25H24Cl2N2O4. The number of hydrogen-bond donors (Lipinski definition) is 0. The first-order valence-electron chi connectivity index (χ1n) is 10.3. The summed E-state index contributed by atoms with van der Waals surface area (Å²) in [5.41, 5.74) is 2.42. The van der Waals surface area contributed by atoms with Crippen molar-refractivity contribution in [2.75, 3.05) is 13.1 Å². The van der Waals surface area contributed by atoms with Gasteiger partial charge in [0.05, 0.1) is 23.8 Å². The maximum atomic E-state index is 13.3. The van der Waals surface area contributed by atoms with E-state index in [1.54, 1.807) is 12.1 Å². The van der Waals surface area contributed by atoms with Crippen molar-refractivity contribution >= 4 is 46.0 Å². The van der Waals surface area contributed by atoms with Crippen LogP contribution in [0.5, 0.6) is 0 Å². The number of hydrogen-bond acceptors (Lipinski definition) is 4. The Kier molecular flexibility index (Phi) is 8.31. The summed E-state index contributed by atoms with van der Waals surface area (Å²) in [6.45, 7) is 5.62. The minimum Gasteiger partial charge on any atom is -0.464 e. The summed E-state index contributed by atoms with van der Waals surface area (Å²) in [6.07, 6.45) is 2.87. The van der Waals surface area contributed by atoms with E-state index >= 15 is 0 Å². The molecule has 2 amide bonds. The van der Waals surface area contributed by atoms with E-state index in [4.69, 9.17) is 27.6 Å². The maximum Gasteiger partial charge on any atom is 0.256 e. The monoisotopic (exact) mass is 486 g/mol. The van der Waals surface area contributed by atoms with Crippen molar-refractivity contribution < 1.29 is 14.0 Å². The van der Waals surface area contributed by atoms with Crippen LogP contribution in [0.4, 0.5) is 0 Å².